The molecule has 3 aliphatic heterocycles. The van der Waals surface area contributed by atoms with Gasteiger partial charge in [-0.1, -0.05) is 6.07 Å². The monoisotopic (exact) mass is 299 g/mol. The van der Waals surface area contributed by atoms with Gasteiger partial charge in [-0.3, -0.25) is 4.90 Å². The van der Waals surface area contributed by atoms with E-state index in [0.29, 0.717) is 24.2 Å². The Morgan fingerprint density at radius 3 is 2.48 bits per heavy atom. The highest BCUT2D eigenvalue weighted by molar-refractivity contribution is 5.46. The molecule has 1 aromatic carbocycles. The zero-order chi connectivity index (χ0) is 15.2. The Morgan fingerprint density at radius 1 is 1.19 bits per heavy atom. The number of piperidine rings is 2. The second kappa shape index (κ2) is 5.18. The lowest BCUT2D eigenvalue weighted by molar-refractivity contribution is -0.138. The molecule has 3 aliphatic rings. The molecule has 1 aromatic rings. The Balaban J connectivity index is 1.83. The third-order valence-electron chi connectivity index (χ3n) is 4.73. The third kappa shape index (κ3) is 2.87. The SMILES string of the molecule is CN1CC2CCC1CN2Cc1ccc(N)cc1C(F)(F)F. The van der Waals surface area contributed by atoms with Gasteiger partial charge in [-0.05, 0) is 37.6 Å². The highest BCUT2D eigenvalue weighted by Gasteiger charge is 2.39. The Hall–Kier alpha value is -1.27. The summed E-state index contributed by atoms with van der Waals surface area (Å²) in [6.45, 7) is 2.15. The summed E-state index contributed by atoms with van der Waals surface area (Å²) in [5.74, 6) is 0. The predicted molar refractivity (Wildman–Crippen MR) is 75.7 cm³/mol. The molecular formula is C15H20F3N3. The summed E-state index contributed by atoms with van der Waals surface area (Å²) in [4.78, 5) is 4.51. The number of benzene rings is 1. The molecule has 2 bridgehead atoms. The van der Waals surface area contributed by atoms with Crippen LogP contribution < -0.4 is 5.73 Å². The Morgan fingerprint density at radius 2 is 1.90 bits per heavy atom. The first-order valence-electron chi connectivity index (χ1n) is 7.24. The largest absolute Gasteiger partial charge is 0.416 e. The zero-order valence-corrected chi connectivity index (χ0v) is 12.0. The van der Waals surface area contributed by atoms with E-state index in [-0.39, 0.29) is 5.69 Å². The Bertz CT molecular complexity index is 529. The van der Waals surface area contributed by atoms with Crippen LogP contribution in [0.4, 0.5) is 18.9 Å². The fraction of sp³-hybridized carbons (Fsp3) is 0.600. The average molecular weight is 299 g/mol. The Labute approximate surface area is 122 Å². The predicted octanol–water partition coefficient (Wildman–Crippen LogP) is 2.57. The standard InChI is InChI=1S/C15H20F3N3/c1-20-8-13-5-4-12(20)9-21(13)7-10-2-3-11(19)6-14(10)15(16,17)18/h2-3,6,12-13H,4-5,7-9,19H2,1H3. The number of likely N-dealkylation sites (N-methyl/N-ethyl adjacent to an activating group) is 1. The lowest BCUT2D eigenvalue weighted by Gasteiger charge is -2.50. The van der Waals surface area contributed by atoms with Crippen molar-refractivity contribution in [2.24, 2.45) is 0 Å². The molecular weight excluding hydrogens is 279 g/mol. The molecule has 0 radical (unpaired) electrons. The van der Waals surface area contributed by atoms with Crippen molar-refractivity contribution in [1.29, 1.82) is 0 Å². The van der Waals surface area contributed by atoms with Crippen LogP contribution in [0.25, 0.3) is 0 Å². The van der Waals surface area contributed by atoms with Crippen LogP contribution in [-0.2, 0) is 12.7 Å². The molecule has 3 fully saturated rings. The number of hydrogen-bond donors (Lipinski definition) is 1. The number of anilines is 1. The summed E-state index contributed by atoms with van der Waals surface area (Å²) in [5.41, 5.74) is 5.40. The van der Waals surface area contributed by atoms with Crippen molar-refractivity contribution in [1.82, 2.24) is 9.80 Å². The quantitative estimate of drug-likeness (QED) is 0.852. The van der Waals surface area contributed by atoms with E-state index in [1.54, 1.807) is 6.07 Å². The molecule has 116 valence electrons. The van der Waals surface area contributed by atoms with Gasteiger partial charge >= 0.3 is 6.18 Å². The zero-order valence-electron chi connectivity index (χ0n) is 12.0. The lowest BCUT2D eigenvalue weighted by Crippen LogP contribution is -2.60. The first-order valence-corrected chi connectivity index (χ1v) is 7.24. The van der Waals surface area contributed by atoms with Gasteiger partial charge in [-0.15, -0.1) is 0 Å². The second-order valence-electron chi connectivity index (χ2n) is 6.17. The molecule has 0 aromatic heterocycles. The first kappa shape index (κ1) is 14.7. The highest BCUT2D eigenvalue weighted by atomic mass is 19.4. The van der Waals surface area contributed by atoms with Crippen LogP contribution in [0.15, 0.2) is 18.2 Å². The van der Waals surface area contributed by atoms with Crippen LogP contribution in [-0.4, -0.2) is 42.0 Å². The normalized spacial score (nSPS) is 27.2. The second-order valence-corrected chi connectivity index (χ2v) is 6.17. The van der Waals surface area contributed by atoms with Crippen LogP contribution in [0.2, 0.25) is 0 Å². The van der Waals surface area contributed by atoms with Crippen LogP contribution in [0.3, 0.4) is 0 Å². The van der Waals surface area contributed by atoms with Crippen LogP contribution in [0, 0.1) is 0 Å². The lowest BCUT2D eigenvalue weighted by atomic mass is 9.90. The van der Waals surface area contributed by atoms with Crippen molar-refractivity contribution < 1.29 is 13.2 Å². The summed E-state index contributed by atoms with van der Waals surface area (Å²) in [6, 6.07) is 4.95. The molecule has 0 amide bonds. The fourth-order valence-corrected chi connectivity index (χ4v) is 3.53. The van der Waals surface area contributed by atoms with E-state index in [2.05, 4.69) is 16.8 Å². The number of alkyl halides is 3. The molecule has 0 aliphatic carbocycles. The van der Waals surface area contributed by atoms with Crippen LogP contribution >= 0.6 is 0 Å². The van der Waals surface area contributed by atoms with Crippen molar-refractivity contribution in [3.63, 3.8) is 0 Å². The van der Waals surface area contributed by atoms with Gasteiger partial charge in [0.2, 0.25) is 0 Å². The summed E-state index contributed by atoms with van der Waals surface area (Å²) < 4.78 is 39.5. The molecule has 2 unspecified atom stereocenters. The molecule has 21 heavy (non-hydrogen) atoms. The van der Waals surface area contributed by atoms with Gasteiger partial charge in [-0.25, -0.2) is 0 Å². The van der Waals surface area contributed by atoms with Gasteiger partial charge in [0.25, 0.3) is 0 Å². The van der Waals surface area contributed by atoms with Crippen molar-refractivity contribution in [3.05, 3.63) is 29.3 Å². The number of nitrogens with zero attached hydrogens (tertiary/aromatic N) is 2. The number of rotatable bonds is 2. The highest BCUT2D eigenvalue weighted by Crippen LogP contribution is 2.35. The van der Waals surface area contributed by atoms with Crippen LogP contribution in [0.1, 0.15) is 24.0 Å². The minimum absolute atomic E-state index is 0.158. The van der Waals surface area contributed by atoms with Gasteiger partial charge in [0.05, 0.1) is 5.56 Å². The fourth-order valence-electron chi connectivity index (χ4n) is 3.53. The maximum atomic E-state index is 13.2. The number of nitrogen functional groups attached to an aromatic ring is 1. The molecule has 4 rings (SSSR count). The summed E-state index contributed by atoms with van der Waals surface area (Å²) in [7, 11) is 2.10. The summed E-state index contributed by atoms with van der Waals surface area (Å²) >= 11 is 0. The van der Waals surface area contributed by atoms with Crippen molar-refractivity contribution >= 4 is 5.69 Å². The number of hydrogen-bond acceptors (Lipinski definition) is 3. The van der Waals surface area contributed by atoms with E-state index < -0.39 is 11.7 Å². The number of fused-ring (bicyclic) bond motifs is 3. The average Bonchev–Trinajstić information content (AvgIpc) is 2.41. The van der Waals surface area contributed by atoms with Crippen molar-refractivity contribution in [2.45, 2.75) is 37.6 Å². The van der Waals surface area contributed by atoms with Crippen molar-refractivity contribution in [2.75, 3.05) is 25.9 Å². The molecule has 0 saturated carbocycles. The maximum absolute atomic E-state index is 13.2. The van der Waals surface area contributed by atoms with Gasteiger partial charge in [0, 0.05) is 37.4 Å². The van der Waals surface area contributed by atoms with E-state index in [1.165, 1.54) is 6.07 Å². The van der Waals surface area contributed by atoms with E-state index in [1.807, 2.05) is 0 Å². The maximum Gasteiger partial charge on any atom is 0.416 e. The van der Waals surface area contributed by atoms with E-state index >= 15 is 0 Å². The third-order valence-corrected chi connectivity index (χ3v) is 4.73. The molecule has 0 spiro atoms. The molecule has 3 heterocycles. The van der Waals surface area contributed by atoms with E-state index in [0.717, 1.165) is 32.0 Å². The Kier molecular flexibility index (Phi) is 3.61. The topological polar surface area (TPSA) is 32.5 Å². The minimum Gasteiger partial charge on any atom is -0.399 e. The minimum atomic E-state index is -4.35. The number of nitrogens with two attached hydrogens (primary N) is 1. The summed E-state index contributed by atoms with van der Waals surface area (Å²) in [6.07, 6.45) is -2.13. The van der Waals surface area contributed by atoms with Gasteiger partial charge in [0.1, 0.15) is 0 Å². The van der Waals surface area contributed by atoms with Crippen LogP contribution in [0.5, 0.6) is 0 Å². The molecule has 2 N–H and O–H groups in total. The van der Waals surface area contributed by atoms with Gasteiger partial charge < -0.3 is 10.6 Å². The van der Waals surface area contributed by atoms with Crippen molar-refractivity contribution in [3.8, 4) is 0 Å². The molecule has 3 saturated heterocycles. The smallest absolute Gasteiger partial charge is 0.399 e. The summed E-state index contributed by atoms with van der Waals surface area (Å²) in [5, 5.41) is 0. The molecule has 6 heteroatoms. The van der Waals surface area contributed by atoms with E-state index in [9.17, 15) is 13.2 Å². The van der Waals surface area contributed by atoms with E-state index in [4.69, 9.17) is 5.73 Å². The molecule has 2 atom stereocenters. The molecule has 3 nitrogen and oxygen atoms in total. The first-order chi connectivity index (χ1) is 9.84. The van der Waals surface area contributed by atoms with Gasteiger partial charge in [0.15, 0.2) is 0 Å². The van der Waals surface area contributed by atoms with Gasteiger partial charge in [-0.2, -0.15) is 13.2 Å². The number of halogens is 3. The number of piperazine rings is 1.